The molecule has 1 saturated heterocycles. The molecule has 2 aromatic carbocycles. The molecule has 1 amide bonds. The van der Waals surface area contributed by atoms with Crippen LogP contribution in [0.1, 0.15) is 37.0 Å². The molecule has 174 valence electrons. The molecule has 0 radical (unpaired) electrons. The third kappa shape index (κ3) is 5.02. The molecule has 0 N–H and O–H groups in total. The zero-order valence-corrected chi connectivity index (χ0v) is 19.0. The van der Waals surface area contributed by atoms with E-state index < -0.39 is 0 Å². The highest BCUT2D eigenvalue weighted by Gasteiger charge is 2.29. The van der Waals surface area contributed by atoms with E-state index in [1.165, 1.54) is 12.1 Å². The molecule has 0 spiro atoms. The van der Waals surface area contributed by atoms with Crippen LogP contribution in [0.3, 0.4) is 0 Å². The number of hydrogen-bond acceptors (Lipinski definition) is 6. The second-order valence-electron chi connectivity index (χ2n) is 8.27. The quantitative estimate of drug-likeness (QED) is 0.361. The highest BCUT2D eigenvalue weighted by atomic mass is 35.5. The highest BCUT2D eigenvalue weighted by Crippen LogP contribution is 2.28. The Labute approximate surface area is 200 Å². The third-order valence-electron chi connectivity index (χ3n) is 5.88. The number of aromatic nitrogens is 3. The summed E-state index contributed by atoms with van der Waals surface area (Å²) in [5.41, 5.74) is 1.44. The molecule has 9 heteroatoms. The van der Waals surface area contributed by atoms with Crippen LogP contribution in [0.25, 0.3) is 22.7 Å². The third-order valence-corrected chi connectivity index (χ3v) is 6.13. The lowest BCUT2D eigenvalue weighted by Gasteiger charge is -2.31. The lowest BCUT2D eigenvalue weighted by Crippen LogP contribution is -2.39. The van der Waals surface area contributed by atoms with Gasteiger partial charge in [0.25, 0.3) is 0 Å². The number of hydrogen-bond donors (Lipinski definition) is 0. The van der Waals surface area contributed by atoms with Gasteiger partial charge < -0.3 is 13.8 Å². The zero-order chi connectivity index (χ0) is 23.5. The molecular formula is C25H22ClFN4O3. The van der Waals surface area contributed by atoms with Gasteiger partial charge in [0, 0.05) is 42.1 Å². The van der Waals surface area contributed by atoms with Crippen molar-refractivity contribution in [2.45, 2.75) is 31.6 Å². The molecule has 1 fully saturated rings. The summed E-state index contributed by atoms with van der Waals surface area (Å²) in [6.07, 6.45) is 4.06. The van der Waals surface area contributed by atoms with Crippen LogP contribution in [-0.2, 0) is 11.2 Å². The number of carbonyl (C=O) groups is 1. The van der Waals surface area contributed by atoms with Crippen molar-refractivity contribution < 1.29 is 18.1 Å². The number of carbonyl (C=O) groups excluding carboxylic acids is 1. The van der Waals surface area contributed by atoms with E-state index in [0.29, 0.717) is 59.9 Å². The van der Waals surface area contributed by atoms with Gasteiger partial charge in [-0.25, -0.2) is 9.37 Å². The van der Waals surface area contributed by atoms with E-state index in [2.05, 4.69) is 15.1 Å². The number of nitrogens with zero attached hydrogens (tertiary/aromatic N) is 4. The molecular weight excluding hydrogens is 459 g/mol. The summed E-state index contributed by atoms with van der Waals surface area (Å²) >= 11 is 5.93. The van der Waals surface area contributed by atoms with Gasteiger partial charge in [-0.05, 0) is 49.2 Å². The van der Waals surface area contributed by atoms with Gasteiger partial charge in [-0.3, -0.25) is 4.79 Å². The van der Waals surface area contributed by atoms with Gasteiger partial charge in [-0.1, -0.05) is 28.9 Å². The molecule has 0 saturated carbocycles. The first-order valence-electron chi connectivity index (χ1n) is 11.1. The average Bonchev–Trinajstić information content (AvgIpc) is 3.54. The Hall–Kier alpha value is -3.52. The minimum absolute atomic E-state index is 0.0285. The highest BCUT2D eigenvalue weighted by molar-refractivity contribution is 6.30. The predicted octanol–water partition coefficient (Wildman–Crippen LogP) is 5.52. The smallest absolute Gasteiger partial charge is 0.231 e. The van der Waals surface area contributed by atoms with Crippen molar-refractivity contribution in [1.82, 2.24) is 20.0 Å². The summed E-state index contributed by atoms with van der Waals surface area (Å²) in [6, 6.07) is 13.4. The van der Waals surface area contributed by atoms with Crippen LogP contribution in [0.2, 0.25) is 5.02 Å². The lowest BCUT2D eigenvalue weighted by atomic mass is 9.97. The topological polar surface area (TPSA) is 85.3 Å². The van der Waals surface area contributed by atoms with Gasteiger partial charge in [0.2, 0.25) is 17.6 Å². The molecule has 2 aromatic heterocycles. The van der Waals surface area contributed by atoms with Crippen LogP contribution >= 0.6 is 11.6 Å². The van der Waals surface area contributed by atoms with Crippen molar-refractivity contribution >= 4 is 17.5 Å². The van der Waals surface area contributed by atoms with E-state index in [4.69, 9.17) is 20.5 Å². The minimum atomic E-state index is -0.357. The molecule has 1 aliphatic rings. The van der Waals surface area contributed by atoms with Gasteiger partial charge in [-0.15, -0.1) is 0 Å². The number of oxazole rings is 1. The Balaban J connectivity index is 1.18. The van der Waals surface area contributed by atoms with E-state index >= 15 is 0 Å². The number of rotatable bonds is 6. The van der Waals surface area contributed by atoms with E-state index in [1.54, 1.807) is 30.5 Å². The first kappa shape index (κ1) is 22.3. The van der Waals surface area contributed by atoms with E-state index in [-0.39, 0.29) is 17.6 Å². The molecule has 1 atom stereocenters. The summed E-state index contributed by atoms with van der Waals surface area (Å²) < 4.78 is 24.8. The van der Waals surface area contributed by atoms with E-state index in [0.717, 1.165) is 18.4 Å². The normalized spacial score (nSPS) is 16.1. The fourth-order valence-corrected chi connectivity index (χ4v) is 4.22. The first-order chi connectivity index (χ1) is 16.5. The van der Waals surface area contributed by atoms with Gasteiger partial charge in [-0.2, -0.15) is 4.98 Å². The molecule has 1 unspecified atom stereocenters. The minimum Gasteiger partial charge on any atom is -0.441 e. The van der Waals surface area contributed by atoms with Gasteiger partial charge in [0.1, 0.15) is 5.82 Å². The summed E-state index contributed by atoms with van der Waals surface area (Å²) in [4.78, 5) is 23.4. The van der Waals surface area contributed by atoms with Crippen molar-refractivity contribution in [2.24, 2.45) is 0 Å². The van der Waals surface area contributed by atoms with Gasteiger partial charge >= 0.3 is 0 Å². The Morgan fingerprint density at radius 1 is 1.18 bits per heavy atom. The summed E-state index contributed by atoms with van der Waals surface area (Å²) in [5.74, 6) is 1.60. The Morgan fingerprint density at radius 3 is 2.85 bits per heavy atom. The number of likely N-dealkylation sites (tertiary alicyclic amines) is 1. The maximum Gasteiger partial charge on any atom is 0.231 e. The average molecular weight is 481 g/mol. The molecule has 0 bridgehead atoms. The van der Waals surface area contributed by atoms with Crippen LogP contribution in [0.5, 0.6) is 0 Å². The monoisotopic (exact) mass is 480 g/mol. The first-order valence-corrected chi connectivity index (χ1v) is 11.5. The van der Waals surface area contributed by atoms with Crippen molar-refractivity contribution in [1.29, 1.82) is 0 Å². The summed E-state index contributed by atoms with van der Waals surface area (Å²) in [6.45, 7) is 1.19. The van der Waals surface area contributed by atoms with E-state index in [9.17, 15) is 9.18 Å². The lowest BCUT2D eigenvalue weighted by molar-refractivity contribution is -0.132. The molecule has 5 rings (SSSR count). The Bertz CT molecular complexity index is 1290. The standard InChI is InChI=1S/C25H22ClFN4O3/c26-19-8-6-16(7-9-19)21-14-28-22(33-21)10-11-23(32)31-12-2-4-18(15-31)25-29-24(30-34-25)17-3-1-5-20(27)13-17/h1,3,5-9,13-14,18H,2,4,10-12,15H2. The second-order valence-corrected chi connectivity index (χ2v) is 8.71. The number of piperidine rings is 1. The SMILES string of the molecule is O=C(CCc1ncc(-c2ccc(Cl)cc2)o1)N1CCCC(c2nc(-c3cccc(F)c3)no2)C1. The molecule has 7 nitrogen and oxygen atoms in total. The largest absolute Gasteiger partial charge is 0.441 e. The fraction of sp³-hybridized carbons (Fsp3) is 0.280. The predicted molar refractivity (Wildman–Crippen MR) is 124 cm³/mol. The van der Waals surface area contributed by atoms with Gasteiger partial charge in [0.05, 0.1) is 12.1 Å². The van der Waals surface area contributed by atoms with Crippen LogP contribution in [0.4, 0.5) is 4.39 Å². The van der Waals surface area contributed by atoms with Crippen molar-refractivity contribution in [3.05, 3.63) is 77.3 Å². The van der Waals surface area contributed by atoms with Crippen LogP contribution in [0.15, 0.2) is 63.7 Å². The summed E-state index contributed by atoms with van der Waals surface area (Å²) in [7, 11) is 0. The number of halogens is 2. The number of aryl methyl sites for hydroxylation is 1. The number of benzene rings is 2. The maximum absolute atomic E-state index is 13.5. The van der Waals surface area contributed by atoms with Crippen LogP contribution < -0.4 is 0 Å². The molecule has 0 aliphatic carbocycles. The molecule has 34 heavy (non-hydrogen) atoms. The van der Waals surface area contributed by atoms with Crippen molar-refractivity contribution in [2.75, 3.05) is 13.1 Å². The van der Waals surface area contributed by atoms with Crippen LogP contribution in [0, 0.1) is 5.82 Å². The second kappa shape index (κ2) is 9.77. The van der Waals surface area contributed by atoms with Crippen molar-refractivity contribution in [3.63, 3.8) is 0 Å². The van der Waals surface area contributed by atoms with E-state index in [1.807, 2.05) is 17.0 Å². The zero-order valence-electron chi connectivity index (χ0n) is 18.3. The fourth-order valence-electron chi connectivity index (χ4n) is 4.10. The van der Waals surface area contributed by atoms with Crippen LogP contribution in [-0.4, -0.2) is 39.0 Å². The number of amides is 1. The molecule has 3 heterocycles. The summed E-state index contributed by atoms with van der Waals surface area (Å²) in [5, 5.41) is 4.65. The Morgan fingerprint density at radius 2 is 2.03 bits per heavy atom. The van der Waals surface area contributed by atoms with Crippen molar-refractivity contribution in [3.8, 4) is 22.7 Å². The molecule has 4 aromatic rings. The maximum atomic E-state index is 13.5. The van der Waals surface area contributed by atoms with Gasteiger partial charge in [0.15, 0.2) is 11.7 Å². The molecule has 1 aliphatic heterocycles. The Kier molecular flexibility index (Phi) is 6.40.